The molecule has 1 atom stereocenters. The van der Waals surface area contributed by atoms with E-state index in [-0.39, 0.29) is 17.2 Å². The SMILES string of the molecule is CC(CC(=O)NCC1CCC(C(=O)O)CC1)C(C)(C)C. The van der Waals surface area contributed by atoms with Crippen LogP contribution < -0.4 is 5.32 Å². The van der Waals surface area contributed by atoms with E-state index >= 15 is 0 Å². The molecule has 0 aromatic carbocycles. The summed E-state index contributed by atoms with van der Waals surface area (Å²) < 4.78 is 0. The molecule has 0 bridgehead atoms. The Morgan fingerprint density at radius 2 is 1.75 bits per heavy atom. The normalized spacial score (nSPS) is 25.0. The zero-order chi connectivity index (χ0) is 15.3. The van der Waals surface area contributed by atoms with E-state index < -0.39 is 5.97 Å². The number of nitrogens with one attached hydrogen (secondary N) is 1. The van der Waals surface area contributed by atoms with E-state index in [0.29, 0.717) is 24.8 Å². The lowest BCUT2D eigenvalue weighted by Gasteiger charge is -2.28. The molecule has 0 radical (unpaired) electrons. The maximum Gasteiger partial charge on any atom is 0.306 e. The van der Waals surface area contributed by atoms with Crippen LogP contribution in [0.25, 0.3) is 0 Å². The summed E-state index contributed by atoms with van der Waals surface area (Å²) in [5, 5.41) is 12.0. The minimum absolute atomic E-state index is 0.118. The van der Waals surface area contributed by atoms with Gasteiger partial charge in [-0.25, -0.2) is 0 Å². The van der Waals surface area contributed by atoms with Gasteiger partial charge >= 0.3 is 5.97 Å². The highest BCUT2D eigenvalue weighted by Gasteiger charge is 2.27. The molecule has 4 nitrogen and oxygen atoms in total. The fourth-order valence-corrected chi connectivity index (χ4v) is 2.53. The topological polar surface area (TPSA) is 66.4 Å². The van der Waals surface area contributed by atoms with Crippen molar-refractivity contribution < 1.29 is 14.7 Å². The molecule has 20 heavy (non-hydrogen) atoms. The number of carbonyl (C=O) groups is 2. The van der Waals surface area contributed by atoms with Gasteiger partial charge in [0.1, 0.15) is 0 Å². The average molecular weight is 283 g/mol. The van der Waals surface area contributed by atoms with Crippen molar-refractivity contribution in [3.63, 3.8) is 0 Å². The fraction of sp³-hybridized carbons (Fsp3) is 0.875. The molecule has 0 heterocycles. The zero-order valence-electron chi connectivity index (χ0n) is 13.2. The van der Waals surface area contributed by atoms with Gasteiger partial charge in [-0.1, -0.05) is 27.7 Å². The molecule has 0 saturated heterocycles. The number of aliphatic carboxylic acids is 1. The Labute approximate surface area is 122 Å². The van der Waals surface area contributed by atoms with Crippen LogP contribution in [0.15, 0.2) is 0 Å². The van der Waals surface area contributed by atoms with Crippen LogP contribution in [0.4, 0.5) is 0 Å². The van der Waals surface area contributed by atoms with Crippen LogP contribution in [0, 0.1) is 23.2 Å². The molecule has 0 aromatic heterocycles. The van der Waals surface area contributed by atoms with E-state index in [1.54, 1.807) is 0 Å². The van der Waals surface area contributed by atoms with Crippen LogP contribution in [0.5, 0.6) is 0 Å². The fourth-order valence-electron chi connectivity index (χ4n) is 2.53. The second kappa shape index (κ2) is 7.09. The van der Waals surface area contributed by atoms with Gasteiger partial charge in [-0.05, 0) is 42.9 Å². The number of amides is 1. The third-order valence-electron chi connectivity index (χ3n) is 4.75. The molecular formula is C16H29NO3. The third kappa shape index (κ3) is 5.51. The number of carbonyl (C=O) groups excluding carboxylic acids is 1. The Bertz CT molecular complexity index is 338. The lowest BCUT2D eigenvalue weighted by molar-refractivity contribution is -0.143. The number of rotatable bonds is 5. The summed E-state index contributed by atoms with van der Waals surface area (Å²) in [7, 11) is 0. The summed E-state index contributed by atoms with van der Waals surface area (Å²) in [5.74, 6) is 0.0619. The van der Waals surface area contributed by atoms with Crippen LogP contribution in [0.1, 0.15) is 59.8 Å². The van der Waals surface area contributed by atoms with Crippen molar-refractivity contribution in [2.45, 2.75) is 59.8 Å². The van der Waals surface area contributed by atoms with E-state index in [9.17, 15) is 9.59 Å². The van der Waals surface area contributed by atoms with Gasteiger partial charge < -0.3 is 10.4 Å². The standard InChI is InChI=1S/C16H29NO3/c1-11(16(2,3)4)9-14(18)17-10-12-5-7-13(8-6-12)15(19)20/h11-13H,5-10H2,1-4H3,(H,17,18)(H,19,20). The minimum Gasteiger partial charge on any atom is -0.481 e. The van der Waals surface area contributed by atoms with Crippen LogP contribution in [0.3, 0.4) is 0 Å². The molecule has 2 N–H and O–H groups in total. The molecule has 0 spiro atoms. The molecule has 1 unspecified atom stereocenters. The zero-order valence-corrected chi connectivity index (χ0v) is 13.2. The Morgan fingerprint density at radius 3 is 2.20 bits per heavy atom. The molecule has 1 aliphatic carbocycles. The largest absolute Gasteiger partial charge is 0.481 e. The average Bonchev–Trinajstić information content (AvgIpc) is 2.35. The summed E-state index contributed by atoms with van der Waals surface area (Å²) in [6.07, 6.45) is 3.87. The predicted octanol–water partition coefficient (Wildman–Crippen LogP) is 3.07. The highest BCUT2D eigenvalue weighted by molar-refractivity contribution is 5.76. The summed E-state index contributed by atoms with van der Waals surface area (Å²) >= 11 is 0. The van der Waals surface area contributed by atoms with Gasteiger partial charge in [0.2, 0.25) is 5.91 Å². The first-order chi connectivity index (χ1) is 9.20. The van der Waals surface area contributed by atoms with E-state index in [1.807, 2.05) is 0 Å². The van der Waals surface area contributed by atoms with Crippen molar-refractivity contribution in [3.8, 4) is 0 Å². The van der Waals surface area contributed by atoms with E-state index in [1.165, 1.54) is 0 Å². The molecule has 0 aromatic rings. The highest BCUT2D eigenvalue weighted by atomic mass is 16.4. The predicted molar refractivity (Wildman–Crippen MR) is 79.3 cm³/mol. The highest BCUT2D eigenvalue weighted by Crippen LogP contribution is 2.29. The van der Waals surface area contributed by atoms with Crippen molar-refractivity contribution >= 4 is 11.9 Å². The molecule has 1 rings (SSSR count). The van der Waals surface area contributed by atoms with Gasteiger partial charge in [0.05, 0.1) is 5.92 Å². The molecule has 1 saturated carbocycles. The maximum atomic E-state index is 11.9. The van der Waals surface area contributed by atoms with Crippen LogP contribution in [-0.2, 0) is 9.59 Å². The smallest absolute Gasteiger partial charge is 0.306 e. The summed E-state index contributed by atoms with van der Waals surface area (Å²) in [4.78, 5) is 22.8. The Morgan fingerprint density at radius 1 is 1.20 bits per heavy atom. The molecule has 1 aliphatic rings. The van der Waals surface area contributed by atoms with Crippen molar-refractivity contribution in [2.75, 3.05) is 6.54 Å². The first-order valence-corrected chi connectivity index (χ1v) is 7.69. The summed E-state index contributed by atoms with van der Waals surface area (Å²) in [5.41, 5.74) is 0.150. The Kier molecular flexibility index (Phi) is 6.03. The summed E-state index contributed by atoms with van der Waals surface area (Å²) in [6.45, 7) is 9.26. The molecule has 4 heteroatoms. The second-order valence-electron chi connectivity index (χ2n) is 7.33. The molecule has 1 fully saturated rings. The van der Waals surface area contributed by atoms with Crippen molar-refractivity contribution in [3.05, 3.63) is 0 Å². The second-order valence-corrected chi connectivity index (χ2v) is 7.33. The first-order valence-electron chi connectivity index (χ1n) is 7.69. The van der Waals surface area contributed by atoms with Gasteiger partial charge in [-0.3, -0.25) is 9.59 Å². The quantitative estimate of drug-likeness (QED) is 0.815. The number of hydrogen-bond donors (Lipinski definition) is 2. The Hall–Kier alpha value is -1.06. The number of hydrogen-bond acceptors (Lipinski definition) is 2. The first kappa shape index (κ1) is 17.0. The molecule has 1 amide bonds. The monoisotopic (exact) mass is 283 g/mol. The van der Waals surface area contributed by atoms with Crippen molar-refractivity contribution in [1.29, 1.82) is 0 Å². The Balaban J connectivity index is 2.24. The van der Waals surface area contributed by atoms with Gasteiger partial charge in [-0.15, -0.1) is 0 Å². The van der Waals surface area contributed by atoms with Crippen LogP contribution in [0.2, 0.25) is 0 Å². The lowest BCUT2D eigenvalue weighted by atomic mass is 9.80. The van der Waals surface area contributed by atoms with E-state index in [4.69, 9.17) is 5.11 Å². The van der Waals surface area contributed by atoms with Gasteiger partial charge in [0.25, 0.3) is 0 Å². The van der Waals surface area contributed by atoms with E-state index in [0.717, 1.165) is 25.7 Å². The maximum absolute atomic E-state index is 11.9. The summed E-state index contributed by atoms with van der Waals surface area (Å²) in [6, 6.07) is 0. The van der Waals surface area contributed by atoms with Crippen molar-refractivity contribution in [2.24, 2.45) is 23.2 Å². The minimum atomic E-state index is -0.675. The third-order valence-corrected chi connectivity index (χ3v) is 4.75. The van der Waals surface area contributed by atoms with Crippen LogP contribution in [-0.4, -0.2) is 23.5 Å². The molecular weight excluding hydrogens is 254 g/mol. The van der Waals surface area contributed by atoms with Crippen molar-refractivity contribution in [1.82, 2.24) is 5.32 Å². The van der Waals surface area contributed by atoms with Gasteiger partial charge in [0, 0.05) is 13.0 Å². The molecule has 0 aliphatic heterocycles. The lowest BCUT2D eigenvalue weighted by Crippen LogP contribution is -2.34. The van der Waals surface area contributed by atoms with Crippen LogP contribution >= 0.6 is 0 Å². The van der Waals surface area contributed by atoms with E-state index in [2.05, 4.69) is 33.0 Å². The van der Waals surface area contributed by atoms with Gasteiger partial charge in [0.15, 0.2) is 0 Å². The molecule has 116 valence electrons. The number of carboxylic acids is 1. The van der Waals surface area contributed by atoms with Gasteiger partial charge in [-0.2, -0.15) is 0 Å². The number of carboxylic acid groups (broad SMARTS) is 1.